The van der Waals surface area contributed by atoms with Crippen molar-refractivity contribution in [2.24, 2.45) is 0 Å². The minimum absolute atomic E-state index is 0.278. The second-order valence-electron chi connectivity index (χ2n) is 4.84. The van der Waals surface area contributed by atoms with Crippen LogP contribution in [0.15, 0.2) is 0 Å². The van der Waals surface area contributed by atoms with Gasteiger partial charge in [0.15, 0.2) is 11.9 Å². The Morgan fingerprint density at radius 2 is 1.93 bits per heavy atom. The van der Waals surface area contributed by atoms with Gasteiger partial charge in [0.1, 0.15) is 6.61 Å². The summed E-state index contributed by atoms with van der Waals surface area (Å²) in [6.07, 6.45) is -0.278. The fraction of sp³-hybridized carbons (Fsp3) is 0.900. The molecule has 2 rings (SSSR count). The average molecular weight is 215 g/mol. The number of nitrogens with zero attached hydrogens (tertiary/aromatic N) is 1. The fourth-order valence-corrected chi connectivity index (χ4v) is 1.79. The third-order valence-corrected chi connectivity index (χ3v) is 2.70. The molecule has 5 heteroatoms. The van der Waals surface area contributed by atoms with Crippen molar-refractivity contribution in [3.8, 4) is 0 Å². The lowest BCUT2D eigenvalue weighted by Gasteiger charge is -2.18. The van der Waals surface area contributed by atoms with Gasteiger partial charge in [-0.15, -0.1) is 0 Å². The van der Waals surface area contributed by atoms with Gasteiger partial charge in [0.05, 0.1) is 6.61 Å². The zero-order valence-electron chi connectivity index (χ0n) is 9.57. The fourth-order valence-electron chi connectivity index (χ4n) is 1.79. The number of rotatable bonds is 1. The quantitative estimate of drug-likeness (QED) is 0.481. The number of hydroxylamine groups is 1. The molecule has 0 aromatic heterocycles. The maximum absolute atomic E-state index is 11.8. The third-order valence-electron chi connectivity index (χ3n) is 2.70. The summed E-state index contributed by atoms with van der Waals surface area (Å²) in [5.74, 6) is -0.606. The molecule has 86 valence electrons. The maximum Gasteiger partial charge on any atom is 0.272 e. The van der Waals surface area contributed by atoms with Crippen molar-refractivity contribution in [3.63, 3.8) is 0 Å². The first kappa shape index (κ1) is 10.9. The average Bonchev–Trinajstić information content (AvgIpc) is 2.56. The predicted octanol–water partition coefficient (Wildman–Crippen LogP) is 0.856. The first-order valence-electron chi connectivity index (χ1n) is 5.11. The monoisotopic (exact) mass is 215 g/mol. The largest absolute Gasteiger partial charge is 0.622 e. The number of ether oxygens (including phenoxy) is 3. The van der Waals surface area contributed by atoms with Gasteiger partial charge in [0, 0.05) is 13.8 Å². The van der Waals surface area contributed by atoms with Crippen LogP contribution in [0.3, 0.4) is 0 Å². The van der Waals surface area contributed by atoms with E-state index in [-0.39, 0.29) is 6.10 Å². The second kappa shape index (κ2) is 3.17. The van der Waals surface area contributed by atoms with Gasteiger partial charge in [-0.05, 0) is 13.8 Å². The second-order valence-corrected chi connectivity index (χ2v) is 4.84. The summed E-state index contributed by atoms with van der Waals surface area (Å²) in [4.78, 5) is 0. The van der Waals surface area contributed by atoms with E-state index in [4.69, 9.17) is 14.2 Å². The molecular formula is C10H17NO4. The minimum Gasteiger partial charge on any atom is -0.622 e. The standard InChI is InChI=1S/C10H17NO4/c1-9(2)11(12)7(5-13-9)8-6-14-10(3,4)15-8/h8H,5-6H2,1-4H3/t8-/m0/s1. The van der Waals surface area contributed by atoms with Crippen LogP contribution < -0.4 is 0 Å². The molecule has 0 amide bonds. The van der Waals surface area contributed by atoms with E-state index in [0.29, 0.717) is 18.9 Å². The van der Waals surface area contributed by atoms with Crippen molar-refractivity contribution >= 4 is 5.71 Å². The van der Waals surface area contributed by atoms with E-state index in [1.807, 2.05) is 13.8 Å². The van der Waals surface area contributed by atoms with Gasteiger partial charge in [-0.2, -0.15) is 4.74 Å². The van der Waals surface area contributed by atoms with Crippen LogP contribution in [0.1, 0.15) is 27.7 Å². The molecule has 0 N–H and O–H groups in total. The summed E-state index contributed by atoms with van der Waals surface area (Å²) in [6, 6.07) is 0. The molecule has 0 aromatic carbocycles. The molecule has 1 atom stereocenters. The van der Waals surface area contributed by atoms with Crippen molar-refractivity contribution in [1.82, 2.24) is 0 Å². The molecule has 1 saturated heterocycles. The summed E-state index contributed by atoms with van der Waals surface area (Å²) in [6.45, 7) is 7.90. The Morgan fingerprint density at radius 1 is 1.27 bits per heavy atom. The SMILES string of the molecule is CC1(C)OC[C@@H](C2=[N+]([O-])C(C)(C)OC2)O1. The topological polar surface area (TPSA) is 53.8 Å². The highest BCUT2D eigenvalue weighted by Gasteiger charge is 2.46. The van der Waals surface area contributed by atoms with Gasteiger partial charge in [-0.25, -0.2) is 0 Å². The molecule has 0 aromatic rings. The zero-order valence-corrected chi connectivity index (χ0v) is 9.57. The zero-order chi connectivity index (χ0) is 11.3. The summed E-state index contributed by atoms with van der Waals surface area (Å²) < 4.78 is 17.3. The van der Waals surface area contributed by atoms with Crippen LogP contribution in [0.4, 0.5) is 0 Å². The predicted molar refractivity (Wildman–Crippen MR) is 53.6 cm³/mol. The summed E-state index contributed by atoms with van der Waals surface area (Å²) in [7, 11) is 0. The lowest BCUT2D eigenvalue weighted by Crippen LogP contribution is -2.35. The summed E-state index contributed by atoms with van der Waals surface area (Å²) >= 11 is 0. The van der Waals surface area contributed by atoms with Crippen LogP contribution in [0.5, 0.6) is 0 Å². The summed E-state index contributed by atoms with van der Waals surface area (Å²) in [5.41, 5.74) is -0.170. The van der Waals surface area contributed by atoms with Crippen molar-refractivity contribution in [2.75, 3.05) is 13.2 Å². The Hall–Kier alpha value is -0.650. The molecule has 0 aliphatic carbocycles. The van der Waals surface area contributed by atoms with Crippen LogP contribution >= 0.6 is 0 Å². The van der Waals surface area contributed by atoms with Crippen molar-refractivity contribution < 1.29 is 18.9 Å². The van der Waals surface area contributed by atoms with Gasteiger partial charge in [-0.3, -0.25) is 0 Å². The maximum atomic E-state index is 11.8. The Morgan fingerprint density at radius 3 is 2.33 bits per heavy atom. The molecule has 0 unspecified atom stereocenters. The number of hydrogen-bond acceptors (Lipinski definition) is 4. The highest BCUT2D eigenvalue weighted by atomic mass is 16.7. The van der Waals surface area contributed by atoms with Crippen LogP contribution in [0.25, 0.3) is 0 Å². The first-order chi connectivity index (χ1) is 6.82. The molecule has 0 bridgehead atoms. The van der Waals surface area contributed by atoms with E-state index in [0.717, 1.165) is 4.74 Å². The van der Waals surface area contributed by atoms with E-state index in [1.165, 1.54) is 0 Å². The van der Waals surface area contributed by atoms with Crippen LogP contribution in [-0.2, 0) is 14.2 Å². The molecule has 0 spiro atoms. The molecule has 1 fully saturated rings. The van der Waals surface area contributed by atoms with E-state index < -0.39 is 11.5 Å². The summed E-state index contributed by atoms with van der Waals surface area (Å²) in [5, 5.41) is 11.8. The molecular weight excluding hydrogens is 198 g/mol. The Labute approximate surface area is 89.2 Å². The molecule has 0 radical (unpaired) electrons. The molecule has 5 nitrogen and oxygen atoms in total. The normalized spacial score (nSPS) is 33.7. The van der Waals surface area contributed by atoms with Crippen LogP contribution in [-0.4, -0.2) is 41.3 Å². The Kier molecular flexibility index (Phi) is 2.29. The Balaban J connectivity index is 2.17. The minimum atomic E-state index is -0.786. The van der Waals surface area contributed by atoms with E-state index in [1.54, 1.807) is 13.8 Å². The molecule has 0 saturated carbocycles. The molecule has 2 heterocycles. The highest BCUT2D eigenvalue weighted by molar-refractivity contribution is 5.86. The van der Waals surface area contributed by atoms with Gasteiger partial charge in [0.2, 0.25) is 5.71 Å². The molecule has 15 heavy (non-hydrogen) atoms. The van der Waals surface area contributed by atoms with E-state index in [9.17, 15) is 5.21 Å². The van der Waals surface area contributed by atoms with Gasteiger partial charge in [-0.1, -0.05) is 0 Å². The lowest BCUT2D eigenvalue weighted by atomic mass is 10.2. The molecule has 2 aliphatic heterocycles. The van der Waals surface area contributed by atoms with Crippen LogP contribution in [0.2, 0.25) is 0 Å². The van der Waals surface area contributed by atoms with Crippen molar-refractivity contribution in [1.29, 1.82) is 0 Å². The Bertz CT molecular complexity index is 309. The van der Waals surface area contributed by atoms with Crippen LogP contribution in [0, 0.1) is 5.21 Å². The van der Waals surface area contributed by atoms with Gasteiger partial charge >= 0.3 is 0 Å². The van der Waals surface area contributed by atoms with Crippen molar-refractivity contribution in [2.45, 2.75) is 45.3 Å². The highest BCUT2D eigenvalue weighted by Crippen LogP contribution is 2.27. The van der Waals surface area contributed by atoms with E-state index in [2.05, 4.69) is 0 Å². The van der Waals surface area contributed by atoms with E-state index >= 15 is 0 Å². The number of hydrogen-bond donors (Lipinski definition) is 0. The van der Waals surface area contributed by atoms with Gasteiger partial charge < -0.3 is 19.4 Å². The third kappa shape index (κ3) is 1.87. The lowest BCUT2D eigenvalue weighted by molar-refractivity contribution is -0.583. The van der Waals surface area contributed by atoms with Gasteiger partial charge in [0.25, 0.3) is 5.72 Å². The van der Waals surface area contributed by atoms with Crippen molar-refractivity contribution in [3.05, 3.63) is 5.21 Å². The first-order valence-corrected chi connectivity index (χ1v) is 5.11. The smallest absolute Gasteiger partial charge is 0.272 e. The molecule has 2 aliphatic rings.